The van der Waals surface area contributed by atoms with Gasteiger partial charge in [0.15, 0.2) is 9.84 Å². The summed E-state index contributed by atoms with van der Waals surface area (Å²) in [4.78, 5) is 22.5. The lowest BCUT2D eigenvalue weighted by Crippen LogP contribution is -2.40. The highest BCUT2D eigenvalue weighted by molar-refractivity contribution is 7.91. The quantitative estimate of drug-likeness (QED) is 0.318. The zero-order valence-corrected chi connectivity index (χ0v) is 24.0. The van der Waals surface area contributed by atoms with Crippen molar-refractivity contribution >= 4 is 53.8 Å². The Morgan fingerprint density at radius 3 is 2.52 bits per heavy atom. The third kappa shape index (κ3) is 6.20. The Morgan fingerprint density at radius 2 is 1.81 bits per heavy atom. The molecule has 0 saturated carbocycles. The highest BCUT2D eigenvalue weighted by atomic mass is 35.5. The van der Waals surface area contributed by atoms with E-state index in [1.54, 1.807) is 30.3 Å². The predicted molar refractivity (Wildman–Crippen MR) is 152 cm³/mol. The molecule has 15 heteroatoms. The molecule has 220 valence electrons. The number of hydrogen-bond donors (Lipinski definition) is 1. The Morgan fingerprint density at radius 1 is 1.07 bits per heavy atom. The number of sulfone groups is 2. The zero-order chi connectivity index (χ0) is 30.2. The molecule has 0 spiro atoms. The van der Waals surface area contributed by atoms with Crippen LogP contribution in [0, 0.1) is 5.82 Å². The maximum absolute atomic E-state index is 15.8. The van der Waals surface area contributed by atoms with Crippen LogP contribution in [0.1, 0.15) is 16.1 Å². The van der Waals surface area contributed by atoms with Gasteiger partial charge in [0, 0.05) is 46.2 Å². The molecule has 0 aliphatic carbocycles. The molecular formula is C27H22ClF3N4O5S2. The summed E-state index contributed by atoms with van der Waals surface area (Å²) in [5.74, 6) is -4.50. The number of fused-ring (bicyclic) bond motifs is 1. The third-order valence-electron chi connectivity index (χ3n) is 6.70. The van der Waals surface area contributed by atoms with Crippen LogP contribution in [0.4, 0.5) is 19.0 Å². The Labute approximate surface area is 244 Å². The number of amides is 1. The molecule has 2 aromatic heterocycles. The van der Waals surface area contributed by atoms with Crippen molar-refractivity contribution in [2.24, 2.45) is 0 Å². The highest BCUT2D eigenvalue weighted by Crippen LogP contribution is 2.30. The summed E-state index contributed by atoms with van der Waals surface area (Å²) in [5, 5.41) is 2.98. The SMILES string of the molecule is O=C(NCc1cc2c(F)c(-c3cccc(N4CCS(=O)(=O)CC4)n3)ccc2cn1)c1cc(Cl)cc(S(=O)(=O)C(F)F)c1. The maximum Gasteiger partial charge on any atom is 0.341 e. The molecule has 1 N–H and O–H groups in total. The Kier molecular flexibility index (Phi) is 8.14. The summed E-state index contributed by atoms with van der Waals surface area (Å²) >= 11 is 5.86. The first-order chi connectivity index (χ1) is 19.8. The number of rotatable bonds is 7. The summed E-state index contributed by atoms with van der Waals surface area (Å²) in [6.45, 7) is 0.393. The fraction of sp³-hybridized carbons (Fsp3) is 0.222. The van der Waals surface area contributed by atoms with Crippen molar-refractivity contribution < 1.29 is 34.8 Å². The number of halogens is 4. The van der Waals surface area contributed by atoms with Crippen LogP contribution in [0.3, 0.4) is 0 Å². The van der Waals surface area contributed by atoms with Crippen LogP contribution in [0.25, 0.3) is 22.0 Å². The lowest BCUT2D eigenvalue weighted by atomic mass is 10.0. The lowest BCUT2D eigenvalue weighted by molar-refractivity contribution is 0.0950. The zero-order valence-electron chi connectivity index (χ0n) is 21.6. The van der Waals surface area contributed by atoms with Gasteiger partial charge < -0.3 is 10.2 Å². The number of pyridine rings is 2. The van der Waals surface area contributed by atoms with Gasteiger partial charge in [0.1, 0.15) is 11.6 Å². The summed E-state index contributed by atoms with van der Waals surface area (Å²) in [6, 6.07) is 12.5. The molecule has 1 saturated heterocycles. The number of nitrogens with zero attached hydrogens (tertiary/aromatic N) is 3. The van der Waals surface area contributed by atoms with E-state index in [9.17, 15) is 30.4 Å². The van der Waals surface area contributed by atoms with Crippen molar-refractivity contribution in [2.45, 2.75) is 17.2 Å². The van der Waals surface area contributed by atoms with Crippen molar-refractivity contribution in [1.29, 1.82) is 0 Å². The lowest BCUT2D eigenvalue weighted by Gasteiger charge is -2.28. The number of nitrogens with one attached hydrogen (secondary N) is 1. The fourth-order valence-electron chi connectivity index (χ4n) is 4.44. The van der Waals surface area contributed by atoms with E-state index < -0.39 is 42.1 Å². The van der Waals surface area contributed by atoms with Gasteiger partial charge in [0.25, 0.3) is 5.91 Å². The number of benzene rings is 2. The van der Waals surface area contributed by atoms with Crippen LogP contribution < -0.4 is 10.2 Å². The van der Waals surface area contributed by atoms with Gasteiger partial charge in [-0.05, 0) is 42.5 Å². The van der Waals surface area contributed by atoms with Crippen molar-refractivity contribution in [1.82, 2.24) is 15.3 Å². The molecule has 1 aliphatic heterocycles. The second-order valence-electron chi connectivity index (χ2n) is 9.51. The van der Waals surface area contributed by atoms with E-state index in [4.69, 9.17) is 11.6 Å². The van der Waals surface area contributed by atoms with Gasteiger partial charge >= 0.3 is 5.76 Å². The molecule has 0 atom stereocenters. The molecular weight excluding hydrogens is 617 g/mol. The van der Waals surface area contributed by atoms with Gasteiger partial charge in [-0.25, -0.2) is 26.2 Å². The number of carbonyl (C=O) groups is 1. The Bertz CT molecular complexity index is 1910. The monoisotopic (exact) mass is 638 g/mol. The minimum atomic E-state index is -4.98. The molecule has 5 rings (SSSR count). The van der Waals surface area contributed by atoms with Gasteiger partial charge in [0.05, 0.1) is 34.3 Å². The second kappa shape index (κ2) is 11.5. The van der Waals surface area contributed by atoms with Crippen LogP contribution in [0.5, 0.6) is 0 Å². The third-order valence-corrected chi connectivity index (χ3v) is 9.89. The van der Waals surface area contributed by atoms with E-state index in [1.807, 2.05) is 4.90 Å². The molecule has 0 bridgehead atoms. The van der Waals surface area contributed by atoms with Crippen LogP contribution in [-0.4, -0.2) is 63.1 Å². The van der Waals surface area contributed by atoms with Gasteiger partial charge in [-0.1, -0.05) is 23.7 Å². The van der Waals surface area contributed by atoms with Crippen LogP contribution >= 0.6 is 11.6 Å². The number of anilines is 1. The molecule has 2 aromatic carbocycles. The van der Waals surface area contributed by atoms with Gasteiger partial charge in [-0.15, -0.1) is 0 Å². The average Bonchev–Trinajstić information content (AvgIpc) is 2.96. The van der Waals surface area contributed by atoms with Gasteiger partial charge in [0.2, 0.25) is 9.84 Å². The van der Waals surface area contributed by atoms with E-state index in [0.717, 1.165) is 18.2 Å². The second-order valence-corrected chi connectivity index (χ2v) is 14.2. The number of hydrogen-bond acceptors (Lipinski definition) is 8. The smallest absolute Gasteiger partial charge is 0.341 e. The standard InChI is InChI=1S/C27H22ClF3N4O5S2/c28-18-10-17(11-20(12-18)42(39,40)27(30)31)26(36)33-15-19-13-22-16(14-32-19)4-5-21(25(22)29)23-2-1-3-24(34-23)35-6-8-41(37,38)9-7-35/h1-5,10-14,27H,6-9,15H2,(H,33,36). The van der Waals surface area contributed by atoms with E-state index in [1.165, 1.54) is 12.3 Å². The summed E-state index contributed by atoms with van der Waals surface area (Å²) in [5.41, 5.74) is 0.572. The molecule has 4 aromatic rings. The largest absolute Gasteiger partial charge is 0.355 e. The van der Waals surface area contributed by atoms with Crippen molar-refractivity contribution in [2.75, 3.05) is 29.5 Å². The van der Waals surface area contributed by atoms with Gasteiger partial charge in [-0.2, -0.15) is 8.78 Å². The van der Waals surface area contributed by atoms with E-state index in [2.05, 4.69) is 15.3 Å². The summed E-state index contributed by atoms with van der Waals surface area (Å²) in [6.07, 6.45) is 1.43. The number of aromatic nitrogens is 2. The maximum atomic E-state index is 15.8. The van der Waals surface area contributed by atoms with Crippen LogP contribution in [0.15, 0.2) is 65.7 Å². The van der Waals surface area contributed by atoms with Crippen molar-refractivity contribution in [3.05, 3.63) is 82.9 Å². The number of alkyl halides is 2. The molecule has 9 nitrogen and oxygen atoms in total. The summed E-state index contributed by atoms with van der Waals surface area (Å²) in [7, 11) is -8.06. The normalized spacial score (nSPS) is 15.2. The number of carbonyl (C=O) groups excluding carboxylic acids is 1. The fourth-order valence-corrected chi connectivity index (χ4v) is 6.73. The van der Waals surface area contributed by atoms with E-state index in [0.29, 0.717) is 16.9 Å². The Balaban J connectivity index is 1.37. The summed E-state index contributed by atoms with van der Waals surface area (Å²) < 4.78 is 88.9. The van der Waals surface area contributed by atoms with Gasteiger partial charge in [-0.3, -0.25) is 9.78 Å². The highest BCUT2D eigenvalue weighted by Gasteiger charge is 2.28. The first-order valence-corrected chi connectivity index (χ1v) is 16.2. The molecule has 1 aliphatic rings. The minimum Gasteiger partial charge on any atom is -0.355 e. The first kappa shape index (κ1) is 29.7. The predicted octanol–water partition coefficient (Wildman–Crippen LogP) is 4.25. The molecule has 0 unspecified atom stereocenters. The minimum absolute atomic E-state index is 0.0167. The molecule has 0 radical (unpaired) electrons. The van der Waals surface area contributed by atoms with Crippen molar-refractivity contribution in [3.8, 4) is 11.3 Å². The van der Waals surface area contributed by atoms with E-state index >= 15 is 4.39 Å². The molecule has 42 heavy (non-hydrogen) atoms. The molecule has 1 fully saturated rings. The Hall–Kier alpha value is -3.75. The average molecular weight is 639 g/mol. The van der Waals surface area contributed by atoms with Crippen LogP contribution in [0.2, 0.25) is 5.02 Å². The van der Waals surface area contributed by atoms with E-state index in [-0.39, 0.29) is 58.4 Å². The molecule has 3 heterocycles. The van der Waals surface area contributed by atoms with Crippen LogP contribution in [-0.2, 0) is 26.2 Å². The topological polar surface area (TPSA) is 126 Å². The first-order valence-electron chi connectivity index (χ1n) is 12.4. The molecule has 1 amide bonds. The van der Waals surface area contributed by atoms with Crippen molar-refractivity contribution in [3.63, 3.8) is 0 Å².